The SMILES string of the molecule is c1ccc(CN2CCC3(CCN(CCN4CCCC4)CC3)CC2)nc1. The number of aromatic nitrogens is 1. The highest BCUT2D eigenvalue weighted by molar-refractivity contribution is 5.04. The van der Waals surface area contributed by atoms with Gasteiger partial charge in [0.1, 0.15) is 0 Å². The molecule has 0 aliphatic carbocycles. The van der Waals surface area contributed by atoms with E-state index in [-0.39, 0.29) is 0 Å². The molecule has 0 unspecified atom stereocenters. The molecule has 4 heterocycles. The Labute approximate surface area is 153 Å². The first-order chi connectivity index (χ1) is 12.3. The summed E-state index contributed by atoms with van der Waals surface area (Å²) in [6.45, 7) is 11.5. The number of rotatable bonds is 5. The van der Waals surface area contributed by atoms with Crippen LogP contribution in [-0.4, -0.2) is 72.0 Å². The van der Waals surface area contributed by atoms with Gasteiger partial charge in [0, 0.05) is 25.8 Å². The van der Waals surface area contributed by atoms with Gasteiger partial charge in [-0.25, -0.2) is 0 Å². The number of piperidine rings is 2. The average Bonchev–Trinajstić information content (AvgIpc) is 3.18. The Balaban J connectivity index is 1.19. The van der Waals surface area contributed by atoms with Crippen molar-refractivity contribution in [3.8, 4) is 0 Å². The lowest BCUT2D eigenvalue weighted by Gasteiger charge is -2.47. The van der Waals surface area contributed by atoms with Crippen molar-refractivity contribution in [2.24, 2.45) is 5.41 Å². The molecule has 138 valence electrons. The van der Waals surface area contributed by atoms with Crippen molar-refractivity contribution in [3.63, 3.8) is 0 Å². The van der Waals surface area contributed by atoms with Crippen LogP contribution in [0.2, 0.25) is 0 Å². The minimum Gasteiger partial charge on any atom is -0.302 e. The van der Waals surface area contributed by atoms with Crippen molar-refractivity contribution in [2.45, 2.75) is 45.1 Å². The van der Waals surface area contributed by atoms with Crippen molar-refractivity contribution in [2.75, 3.05) is 52.4 Å². The molecule has 0 aromatic carbocycles. The Morgan fingerprint density at radius 3 is 1.96 bits per heavy atom. The van der Waals surface area contributed by atoms with E-state index < -0.39 is 0 Å². The quantitative estimate of drug-likeness (QED) is 0.821. The van der Waals surface area contributed by atoms with Crippen LogP contribution in [0.1, 0.15) is 44.2 Å². The molecule has 0 bridgehead atoms. The molecule has 4 heteroatoms. The normalized spacial score (nSPS) is 25.6. The monoisotopic (exact) mass is 342 g/mol. The lowest BCUT2D eigenvalue weighted by atomic mass is 9.71. The zero-order valence-corrected chi connectivity index (χ0v) is 15.7. The molecule has 3 saturated heterocycles. The first-order valence-corrected chi connectivity index (χ1v) is 10.4. The van der Waals surface area contributed by atoms with Crippen molar-refractivity contribution in [3.05, 3.63) is 30.1 Å². The van der Waals surface area contributed by atoms with E-state index in [0.717, 1.165) is 6.54 Å². The van der Waals surface area contributed by atoms with Gasteiger partial charge in [-0.3, -0.25) is 9.88 Å². The van der Waals surface area contributed by atoms with Crippen molar-refractivity contribution in [1.29, 1.82) is 0 Å². The van der Waals surface area contributed by atoms with Crippen LogP contribution in [0.3, 0.4) is 0 Å². The Bertz CT molecular complexity index is 508. The van der Waals surface area contributed by atoms with Crippen LogP contribution in [0.4, 0.5) is 0 Å². The molecule has 0 amide bonds. The number of hydrogen-bond donors (Lipinski definition) is 0. The Hall–Kier alpha value is -0.970. The molecule has 0 N–H and O–H groups in total. The van der Waals surface area contributed by atoms with Crippen LogP contribution in [0.15, 0.2) is 24.4 Å². The smallest absolute Gasteiger partial charge is 0.0543 e. The van der Waals surface area contributed by atoms with E-state index in [2.05, 4.69) is 31.8 Å². The molecular weight excluding hydrogens is 308 g/mol. The van der Waals surface area contributed by atoms with Crippen LogP contribution in [0.5, 0.6) is 0 Å². The van der Waals surface area contributed by atoms with Crippen LogP contribution in [0, 0.1) is 5.41 Å². The summed E-state index contributed by atoms with van der Waals surface area (Å²) in [6, 6.07) is 6.26. The molecular formula is C21H34N4. The molecule has 0 radical (unpaired) electrons. The Kier molecular flexibility index (Phi) is 5.69. The lowest BCUT2D eigenvalue weighted by Crippen LogP contribution is -2.47. The van der Waals surface area contributed by atoms with Gasteiger partial charge in [-0.15, -0.1) is 0 Å². The minimum absolute atomic E-state index is 0.644. The predicted octanol–water partition coefficient (Wildman–Crippen LogP) is 2.86. The summed E-state index contributed by atoms with van der Waals surface area (Å²) < 4.78 is 0. The van der Waals surface area contributed by atoms with Crippen molar-refractivity contribution >= 4 is 0 Å². The number of likely N-dealkylation sites (tertiary alicyclic amines) is 3. The fraction of sp³-hybridized carbons (Fsp3) is 0.762. The summed E-state index contributed by atoms with van der Waals surface area (Å²) in [5.41, 5.74) is 1.86. The molecule has 1 spiro atoms. The second-order valence-corrected chi connectivity index (χ2v) is 8.49. The van der Waals surface area contributed by atoms with Gasteiger partial charge in [-0.05, 0) is 95.3 Å². The van der Waals surface area contributed by atoms with E-state index in [1.807, 2.05) is 12.3 Å². The molecule has 1 aromatic rings. The van der Waals surface area contributed by atoms with Crippen LogP contribution < -0.4 is 0 Å². The third kappa shape index (κ3) is 4.60. The zero-order chi connectivity index (χ0) is 17.0. The van der Waals surface area contributed by atoms with Gasteiger partial charge in [0.2, 0.25) is 0 Å². The van der Waals surface area contributed by atoms with Crippen molar-refractivity contribution < 1.29 is 0 Å². The van der Waals surface area contributed by atoms with E-state index in [9.17, 15) is 0 Å². The molecule has 3 fully saturated rings. The largest absolute Gasteiger partial charge is 0.302 e. The van der Waals surface area contributed by atoms with E-state index in [1.54, 1.807) is 0 Å². The van der Waals surface area contributed by atoms with Crippen LogP contribution in [0.25, 0.3) is 0 Å². The number of nitrogens with zero attached hydrogens (tertiary/aromatic N) is 4. The fourth-order valence-corrected chi connectivity index (χ4v) is 4.95. The number of pyridine rings is 1. The van der Waals surface area contributed by atoms with E-state index in [4.69, 9.17) is 0 Å². The highest BCUT2D eigenvalue weighted by atomic mass is 15.2. The van der Waals surface area contributed by atoms with Gasteiger partial charge < -0.3 is 9.80 Å². The Morgan fingerprint density at radius 2 is 1.36 bits per heavy atom. The van der Waals surface area contributed by atoms with E-state index in [0.29, 0.717) is 5.41 Å². The van der Waals surface area contributed by atoms with Gasteiger partial charge in [0.05, 0.1) is 5.69 Å². The summed E-state index contributed by atoms with van der Waals surface area (Å²) in [5.74, 6) is 0. The van der Waals surface area contributed by atoms with Gasteiger partial charge in [-0.1, -0.05) is 6.07 Å². The van der Waals surface area contributed by atoms with Crippen LogP contribution in [-0.2, 0) is 6.54 Å². The summed E-state index contributed by atoms with van der Waals surface area (Å²) in [4.78, 5) is 12.5. The molecule has 3 aliphatic heterocycles. The van der Waals surface area contributed by atoms with Gasteiger partial charge in [0.25, 0.3) is 0 Å². The lowest BCUT2D eigenvalue weighted by molar-refractivity contribution is 0.0299. The second kappa shape index (κ2) is 8.15. The molecule has 1 aromatic heterocycles. The van der Waals surface area contributed by atoms with E-state index >= 15 is 0 Å². The predicted molar refractivity (Wildman–Crippen MR) is 103 cm³/mol. The zero-order valence-electron chi connectivity index (χ0n) is 15.7. The van der Waals surface area contributed by atoms with Gasteiger partial charge in [0.15, 0.2) is 0 Å². The molecule has 3 aliphatic rings. The molecule has 0 atom stereocenters. The summed E-state index contributed by atoms with van der Waals surface area (Å²) in [5, 5.41) is 0. The third-order valence-corrected chi connectivity index (χ3v) is 6.88. The fourth-order valence-electron chi connectivity index (χ4n) is 4.95. The summed E-state index contributed by atoms with van der Waals surface area (Å²) in [6.07, 6.45) is 10.4. The number of hydrogen-bond acceptors (Lipinski definition) is 4. The first-order valence-electron chi connectivity index (χ1n) is 10.4. The second-order valence-electron chi connectivity index (χ2n) is 8.49. The Morgan fingerprint density at radius 1 is 0.760 bits per heavy atom. The maximum absolute atomic E-state index is 4.49. The van der Waals surface area contributed by atoms with Gasteiger partial charge in [-0.2, -0.15) is 0 Å². The van der Waals surface area contributed by atoms with Crippen LogP contribution >= 0.6 is 0 Å². The standard InChI is InChI=1S/C21H34N4/c1-2-10-22-20(5-1)19-25-15-8-21(9-16-25)6-13-24(14-7-21)18-17-23-11-3-4-12-23/h1-2,5,10H,3-4,6-9,11-19H2. The minimum atomic E-state index is 0.644. The summed E-state index contributed by atoms with van der Waals surface area (Å²) in [7, 11) is 0. The maximum Gasteiger partial charge on any atom is 0.0543 e. The molecule has 4 nitrogen and oxygen atoms in total. The third-order valence-electron chi connectivity index (χ3n) is 6.88. The average molecular weight is 343 g/mol. The first kappa shape index (κ1) is 17.4. The maximum atomic E-state index is 4.49. The van der Waals surface area contributed by atoms with Crippen molar-refractivity contribution in [1.82, 2.24) is 19.7 Å². The highest BCUT2D eigenvalue weighted by Gasteiger charge is 2.37. The topological polar surface area (TPSA) is 22.6 Å². The molecule has 25 heavy (non-hydrogen) atoms. The van der Waals surface area contributed by atoms with E-state index in [1.165, 1.54) is 96.6 Å². The molecule has 4 rings (SSSR count). The van der Waals surface area contributed by atoms with Gasteiger partial charge >= 0.3 is 0 Å². The highest BCUT2D eigenvalue weighted by Crippen LogP contribution is 2.41. The summed E-state index contributed by atoms with van der Waals surface area (Å²) >= 11 is 0. The molecule has 0 saturated carbocycles.